The lowest BCUT2D eigenvalue weighted by atomic mass is 10.1. The van der Waals surface area contributed by atoms with E-state index in [-0.39, 0.29) is 11.9 Å². The van der Waals surface area contributed by atoms with E-state index in [2.05, 4.69) is 10.3 Å². The number of thiazole rings is 1. The fraction of sp³-hybridized carbons (Fsp3) is 0.263. The fourth-order valence-electron chi connectivity index (χ4n) is 2.99. The summed E-state index contributed by atoms with van der Waals surface area (Å²) in [7, 11) is 1.63. The van der Waals surface area contributed by atoms with Gasteiger partial charge in [0.2, 0.25) is 0 Å². The van der Waals surface area contributed by atoms with E-state index in [9.17, 15) is 4.79 Å². The van der Waals surface area contributed by atoms with Crippen LogP contribution in [0.3, 0.4) is 0 Å². The van der Waals surface area contributed by atoms with Gasteiger partial charge in [-0.15, -0.1) is 11.3 Å². The molecule has 6 heteroatoms. The molecule has 1 aromatic carbocycles. The molecule has 1 amide bonds. The Morgan fingerprint density at radius 1 is 1.32 bits per heavy atom. The van der Waals surface area contributed by atoms with Crippen LogP contribution < -0.4 is 10.1 Å². The lowest BCUT2D eigenvalue weighted by Gasteiger charge is -2.17. The molecule has 0 aliphatic carbocycles. The Morgan fingerprint density at radius 2 is 2.08 bits per heavy atom. The average molecular weight is 355 g/mol. The summed E-state index contributed by atoms with van der Waals surface area (Å²) >= 11 is 1.55. The van der Waals surface area contributed by atoms with Crippen molar-refractivity contribution in [3.8, 4) is 10.9 Å². The minimum Gasteiger partial charge on any atom is -0.496 e. The van der Waals surface area contributed by atoms with Crippen LogP contribution in [0.25, 0.3) is 5.13 Å². The zero-order valence-electron chi connectivity index (χ0n) is 14.7. The molecule has 1 atom stereocenters. The van der Waals surface area contributed by atoms with Gasteiger partial charge in [-0.3, -0.25) is 9.36 Å². The molecule has 0 saturated carbocycles. The van der Waals surface area contributed by atoms with Crippen molar-refractivity contribution < 1.29 is 9.53 Å². The number of aromatic nitrogens is 2. The van der Waals surface area contributed by atoms with Crippen molar-refractivity contribution in [2.75, 3.05) is 7.11 Å². The second-order valence-corrected chi connectivity index (χ2v) is 6.75. The number of amides is 1. The monoisotopic (exact) mass is 355 g/mol. The molecule has 2 heterocycles. The Hall–Kier alpha value is -2.60. The minimum absolute atomic E-state index is 0.102. The molecule has 0 aliphatic rings. The zero-order chi connectivity index (χ0) is 18.0. The minimum atomic E-state index is -0.161. The van der Waals surface area contributed by atoms with Gasteiger partial charge in [0.05, 0.1) is 18.7 Å². The van der Waals surface area contributed by atoms with Gasteiger partial charge in [-0.25, -0.2) is 4.98 Å². The molecule has 1 unspecified atom stereocenters. The summed E-state index contributed by atoms with van der Waals surface area (Å²) < 4.78 is 7.39. The number of hydrogen-bond donors (Lipinski definition) is 1. The first kappa shape index (κ1) is 17.2. The van der Waals surface area contributed by atoms with Crippen LogP contribution >= 0.6 is 11.3 Å². The molecular weight excluding hydrogens is 334 g/mol. The summed E-state index contributed by atoms with van der Waals surface area (Å²) in [5.74, 6) is 0.665. The van der Waals surface area contributed by atoms with E-state index < -0.39 is 0 Å². The van der Waals surface area contributed by atoms with E-state index in [1.54, 1.807) is 24.6 Å². The maximum Gasteiger partial charge on any atom is 0.253 e. The molecule has 3 aromatic rings. The predicted octanol–water partition coefficient (Wildman–Crippen LogP) is 4.05. The van der Waals surface area contributed by atoms with Gasteiger partial charge in [0.15, 0.2) is 5.13 Å². The lowest BCUT2D eigenvalue weighted by Crippen LogP contribution is -2.27. The number of rotatable bonds is 5. The van der Waals surface area contributed by atoms with Crippen molar-refractivity contribution >= 4 is 17.2 Å². The molecule has 1 N–H and O–H groups in total. The van der Waals surface area contributed by atoms with Gasteiger partial charge in [-0.2, -0.15) is 0 Å². The van der Waals surface area contributed by atoms with Crippen LogP contribution in [0.4, 0.5) is 0 Å². The van der Waals surface area contributed by atoms with E-state index in [1.165, 1.54) is 0 Å². The number of para-hydroxylation sites is 1. The number of aryl methyl sites for hydroxylation is 1. The lowest BCUT2D eigenvalue weighted by molar-refractivity contribution is 0.0939. The van der Waals surface area contributed by atoms with Crippen LogP contribution in [0.1, 0.15) is 40.3 Å². The van der Waals surface area contributed by atoms with E-state index in [1.807, 2.05) is 61.1 Å². The summed E-state index contributed by atoms with van der Waals surface area (Å²) in [6.45, 7) is 5.88. The highest BCUT2D eigenvalue weighted by molar-refractivity contribution is 7.12. The van der Waals surface area contributed by atoms with Crippen molar-refractivity contribution in [1.29, 1.82) is 0 Å². The first-order chi connectivity index (χ1) is 12.0. The van der Waals surface area contributed by atoms with Crippen LogP contribution in [-0.2, 0) is 0 Å². The third kappa shape index (κ3) is 3.30. The highest BCUT2D eigenvalue weighted by atomic mass is 32.1. The fourth-order valence-corrected chi connectivity index (χ4v) is 3.74. The Morgan fingerprint density at radius 3 is 2.76 bits per heavy atom. The molecule has 0 aliphatic heterocycles. The van der Waals surface area contributed by atoms with Gasteiger partial charge in [0, 0.05) is 28.5 Å². The molecule has 5 nitrogen and oxygen atoms in total. The summed E-state index contributed by atoms with van der Waals surface area (Å²) in [5.41, 5.74) is 3.49. The molecule has 0 bridgehead atoms. The predicted molar refractivity (Wildman–Crippen MR) is 99.8 cm³/mol. The van der Waals surface area contributed by atoms with Crippen molar-refractivity contribution in [3.05, 3.63) is 64.4 Å². The Bertz CT molecular complexity index is 884. The number of carbonyl (C=O) groups excluding carboxylic acids is 1. The molecule has 3 rings (SSSR count). The molecule has 0 spiro atoms. The van der Waals surface area contributed by atoms with Crippen LogP contribution in [0, 0.1) is 13.8 Å². The summed E-state index contributed by atoms with van der Waals surface area (Å²) in [6.07, 6.45) is 1.77. The first-order valence-corrected chi connectivity index (χ1v) is 8.93. The summed E-state index contributed by atoms with van der Waals surface area (Å²) in [6, 6.07) is 9.45. The van der Waals surface area contributed by atoms with Gasteiger partial charge < -0.3 is 10.1 Å². The number of nitrogens with zero attached hydrogens (tertiary/aromatic N) is 2. The molecule has 0 saturated heterocycles. The Kier molecular flexibility index (Phi) is 4.90. The van der Waals surface area contributed by atoms with Crippen LogP contribution in [0.5, 0.6) is 5.75 Å². The van der Waals surface area contributed by atoms with E-state index in [4.69, 9.17) is 4.74 Å². The van der Waals surface area contributed by atoms with E-state index in [0.29, 0.717) is 5.56 Å². The van der Waals surface area contributed by atoms with Crippen LogP contribution in [0.2, 0.25) is 0 Å². The topological polar surface area (TPSA) is 56.1 Å². The zero-order valence-corrected chi connectivity index (χ0v) is 15.6. The number of hydrogen-bond acceptors (Lipinski definition) is 4. The van der Waals surface area contributed by atoms with Crippen molar-refractivity contribution in [2.24, 2.45) is 0 Å². The molecular formula is C19H21N3O2S. The van der Waals surface area contributed by atoms with Crippen molar-refractivity contribution in [1.82, 2.24) is 14.9 Å². The first-order valence-electron chi connectivity index (χ1n) is 8.05. The number of carbonyl (C=O) groups is 1. The van der Waals surface area contributed by atoms with Gasteiger partial charge in [0.1, 0.15) is 5.75 Å². The standard InChI is InChI=1S/C19H21N3O2S/c1-12-11-16(14(3)22(12)19-20-9-10-25-19)18(23)21-13(2)15-7-5-6-8-17(15)24-4/h5-11,13H,1-4H3,(H,21,23). The Labute approximate surface area is 151 Å². The van der Waals surface area contributed by atoms with E-state index >= 15 is 0 Å². The number of nitrogens with one attached hydrogen (secondary N) is 1. The molecule has 130 valence electrons. The normalized spacial score (nSPS) is 12.0. The second-order valence-electron chi connectivity index (χ2n) is 5.87. The van der Waals surface area contributed by atoms with Crippen molar-refractivity contribution in [2.45, 2.75) is 26.8 Å². The highest BCUT2D eigenvalue weighted by Gasteiger charge is 2.20. The average Bonchev–Trinajstić information content (AvgIpc) is 3.22. The molecule has 0 fully saturated rings. The summed E-state index contributed by atoms with van der Waals surface area (Å²) in [5, 5.41) is 5.86. The molecule has 0 radical (unpaired) electrons. The SMILES string of the molecule is COc1ccccc1C(C)NC(=O)c1cc(C)n(-c2nccs2)c1C. The quantitative estimate of drug-likeness (QED) is 0.751. The smallest absolute Gasteiger partial charge is 0.253 e. The molecule has 2 aromatic heterocycles. The van der Waals surface area contributed by atoms with Gasteiger partial charge >= 0.3 is 0 Å². The van der Waals surface area contributed by atoms with Crippen LogP contribution in [-0.4, -0.2) is 22.6 Å². The van der Waals surface area contributed by atoms with Crippen LogP contribution in [0.15, 0.2) is 41.9 Å². The van der Waals surface area contributed by atoms with E-state index in [0.717, 1.165) is 27.8 Å². The Balaban J connectivity index is 1.86. The van der Waals surface area contributed by atoms with Gasteiger partial charge in [-0.1, -0.05) is 18.2 Å². The van der Waals surface area contributed by atoms with Crippen molar-refractivity contribution in [3.63, 3.8) is 0 Å². The van der Waals surface area contributed by atoms with Gasteiger partial charge in [-0.05, 0) is 32.9 Å². The number of methoxy groups -OCH3 is 1. The highest BCUT2D eigenvalue weighted by Crippen LogP contribution is 2.26. The number of ether oxygens (including phenoxy) is 1. The third-order valence-corrected chi connectivity index (χ3v) is 5.00. The molecule has 25 heavy (non-hydrogen) atoms. The maximum atomic E-state index is 12.8. The second kappa shape index (κ2) is 7.11. The summed E-state index contributed by atoms with van der Waals surface area (Å²) in [4.78, 5) is 17.1. The third-order valence-electron chi connectivity index (χ3n) is 4.24. The largest absolute Gasteiger partial charge is 0.496 e. The van der Waals surface area contributed by atoms with Gasteiger partial charge in [0.25, 0.3) is 5.91 Å². The number of benzene rings is 1. The maximum absolute atomic E-state index is 12.8.